The molecule has 3 nitrogen and oxygen atoms in total. The second kappa shape index (κ2) is 9.99. The molecule has 0 unspecified atom stereocenters. The van der Waals surface area contributed by atoms with Crippen LogP contribution in [0.3, 0.4) is 0 Å². The highest BCUT2D eigenvalue weighted by Gasteiger charge is 2.26. The second-order valence-corrected chi connectivity index (χ2v) is 8.73. The molecule has 0 radical (unpaired) electrons. The fraction of sp³-hybridized carbons (Fsp3) is 0.241. The van der Waals surface area contributed by atoms with Crippen LogP contribution in [0.4, 0.5) is 0 Å². The van der Waals surface area contributed by atoms with E-state index in [1.54, 1.807) is 0 Å². The average Bonchev–Trinajstić information content (AvgIpc) is 3.29. The third kappa shape index (κ3) is 5.01. The first-order valence-corrected chi connectivity index (χ1v) is 11.6. The molecular formula is C29H31N3. The first kappa shape index (κ1) is 20.7. The minimum atomic E-state index is 0.323. The van der Waals surface area contributed by atoms with Gasteiger partial charge in [-0.3, -0.25) is 9.80 Å². The molecule has 1 saturated heterocycles. The van der Waals surface area contributed by atoms with Gasteiger partial charge in [0.1, 0.15) is 0 Å². The van der Waals surface area contributed by atoms with Crippen molar-refractivity contribution in [1.29, 1.82) is 0 Å². The number of hydrogen-bond donors (Lipinski definition) is 1. The topological polar surface area (TPSA) is 22.3 Å². The van der Waals surface area contributed by atoms with Crippen LogP contribution in [0.25, 0.3) is 0 Å². The minimum Gasteiger partial charge on any atom is -0.364 e. The predicted molar refractivity (Wildman–Crippen MR) is 132 cm³/mol. The summed E-state index contributed by atoms with van der Waals surface area (Å²) in [5.41, 5.74) is 6.78. The molecule has 162 valence electrons. The zero-order chi connectivity index (χ0) is 21.6. The van der Waals surface area contributed by atoms with Crippen molar-refractivity contribution in [1.82, 2.24) is 14.8 Å². The highest BCUT2D eigenvalue weighted by atomic mass is 15.3. The van der Waals surface area contributed by atoms with Gasteiger partial charge in [-0.1, -0.05) is 91.0 Å². The Labute approximate surface area is 191 Å². The lowest BCUT2D eigenvalue weighted by Crippen LogP contribution is -2.47. The Bertz CT molecular complexity index is 1040. The quantitative estimate of drug-likeness (QED) is 0.425. The van der Waals surface area contributed by atoms with Crippen LogP contribution in [-0.4, -0.2) is 41.0 Å². The van der Waals surface area contributed by atoms with Crippen LogP contribution in [0.1, 0.15) is 34.0 Å². The van der Waals surface area contributed by atoms with Crippen molar-refractivity contribution in [2.75, 3.05) is 26.2 Å². The molecule has 1 N–H and O–H groups in total. The third-order valence-corrected chi connectivity index (χ3v) is 6.45. The molecule has 3 heteroatoms. The van der Waals surface area contributed by atoms with Crippen LogP contribution in [0, 0.1) is 0 Å². The van der Waals surface area contributed by atoms with Crippen molar-refractivity contribution < 1.29 is 0 Å². The van der Waals surface area contributed by atoms with E-state index in [4.69, 9.17) is 0 Å². The van der Waals surface area contributed by atoms with E-state index in [1.807, 2.05) is 0 Å². The fourth-order valence-corrected chi connectivity index (χ4v) is 4.82. The number of hydrogen-bond acceptors (Lipinski definition) is 2. The van der Waals surface area contributed by atoms with Gasteiger partial charge in [0.2, 0.25) is 0 Å². The number of piperazine rings is 1. The van der Waals surface area contributed by atoms with E-state index in [1.165, 1.54) is 27.9 Å². The Hall–Kier alpha value is -3.14. The van der Waals surface area contributed by atoms with Crippen molar-refractivity contribution in [3.05, 3.63) is 131 Å². The SMILES string of the molecule is c1ccc(Cc2cc(CN3CCN(C(c4ccccc4)c4ccccc4)CC3)c[nH]2)cc1. The zero-order valence-corrected chi connectivity index (χ0v) is 18.5. The first-order chi connectivity index (χ1) is 15.8. The molecule has 1 aliphatic heterocycles. The molecule has 1 aliphatic rings. The lowest BCUT2D eigenvalue weighted by atomic mass is 9.96. The molecule has 5 rings (SSSR count). The van der Waals surface area contributed by atoms with Crippen molar-refractivity contribution >= 4 is 0 Å². The predicted octanol–water partition coefficient (Wildman–Crippen LogP) is 5.51. The second-order valence-electron chi connectivity index (χ2n) is 8.73. The summed E-state index contributed by atoms with van der Waals surface area (Å²) in [4.78, 5) is 8.70. The van der Waals surface area contributed by atoms with Crippen LogP contribution in [-0.2, 0) is 13.0 Å². The number of aromatic nitrogens is 1. The molecule has 2 heterocycles. The van der Waals surface area contributed by atoms with E-state index < -0.39 is 0 Å². The van der Waals surface area contributed by atoms with Gasteiger partial charge in [-0.2, -0.15) is 0 Å². The minimum absolute atomic E-state index is 0.323. The van der Waals surface area contributed by atoms with E-state index in [0.29, 0.717) is 6.04 Å². The Balaban J connectivity index is 1.22. The van der Waals surface area contributed by atoms with Crippen LogP contribution in [0.5, 0.6) is 0 Å². The van der Waals surface area contributed by atoms with Crippen molar-refractivity contribution in [3.63, 3.8) is 0 Å². The van der Waals surface area contributed by atoms with Gasteiger partial charge in [0.05, 0.1) is 6.04 Å². The smallest absolute Gasteiger partial charge is 0.0602 e. The largest absolute Gasteiger partial charge is 0.364 e. The maximum absolute atomic E-state index is 3.48. The van der Waals surface area contributed by atoms with Gasteiger partial charge < -0.3 is 4.98 Å². The number of H-pyrrole nitrogens is 1. The van der Waals surface area contributed by atoms with Crippen molar-refractivity contribution in [2.45, 2.75) is 19.0 Å². The summed E-state index contributed by atoms with van der Waals surface area (Å²) in [6.45, 7) is 5.36. The van der Waals surface area contributed by atoms with E-state index in [2.05, 4.69) is 118 Å². The van der Waals surface area contributed by atoms with Crippen LogP contribution < -0.4 is 0 Å². The average molecular weight is 422 g/mol. The van der Waals surface area contributed by atoms with Gasteiger partial charge in [-0.25, -0.2) is 0 Å². The molecule has 4 aromatic rings. The number of nitrogens with one attached hydrogen (secondary N) is 1. The molecule has 0 spiro atoms. The van der Waals surface area contributed by atoms with Crippen LogP contribution >= 0.6 is 0 Å². The first-order valence-electron chi connectivity index (χ1n) is 11.6. The number of aromatic amines is 1. The van der Waals surface area contributed by atoms with Gasteiger partial charge in [0.25, 0.3) is 0 Å². The summed E-state index contributed by atoms with van der Waals surface area (Å²) >= 11 is 0. The number of benzene rings is 3. The van der Waals surface area contributed by atoms with E-state index in [0.717, 1.165) is 39.1 Å². The fourth-order valence-electron chi connectivity index (χ4n) is 4.82. The van der Waals surface area contributed by atoms with Gasteiger partial charge >= 0.3 is 0 Å². The molecule has 3 aromatic carbocycles. The lowest BCUT2D eigenvalue weighted by molar-refractivity contribution is 0.105. The Kier molecular flexibility index (Phi) is 6.48. The van der Waals surface area contributed by atoms with E-state index >= 15 is 0 Å². The highest BCUT2D eigenvalue weighted by Crippen LogP contribution is 2.29. The molecular weight excluding hydrogens is 390 g/mol. The van der Waals surface area contributed by atoms with Gasteiger partial charge in [-0.05, 0) is 28.3 Å². The summed E-state index contributed by atoms with van der Waals surface area (Å²) in [5, 5.41) is 0. The Morgan fingerprint density at radius 1 is 0.656 bits per heavy atom. The molecule has 0 amide bonds. The van der Waals surface area contributed by atoms with E-state index in [9.17, 15) is 0 Å². The molecule has 32 heavy (non-hydrogen) atoms. The molecule has 0 bridgehead atoms. The molecule has 0 atom stereocenters. The summed E-state index contributed by atoms with van der Waals surface area (Å²) in [5.74, 6) is 0. The lowest BCUT2D eigenvalue weighted by Gasteiger charge is -2.39. The van der Waals surface area contributed by atoms with Gasteiger partial charge in [-0.15, -0.1) is 0 Å². The van der Waals surface area contributed by atoms with E-state index in [-0.39, 0.29) is 0 Å². The zero-order valence-electron chi connectivity index (χ0n) is 18.5. The standard InChI is InChI=1S/C29H31N3/c1-4-10-24(11-5-1)20-28-21-25(22-30-28)23-31-16-18-32(19-17-31)29(26-12-6-2-7-13-26)27-14-8-3-9-15-27/h1-15,21-22,29-30H,16-20,23H2. The molecule has 0 aliphatic carbocycles. The summed E-state index contributed by atoms with van der Waals surface area (Å²) in [7, 11) is 0. The Morgan fingerprint density at radius 3 is 1.81 bits per heavy atom. The highest BCUT2D eigenvalue weighted by molar-refractivity contribution is 5.32. The van der Waals surface area contributed by atoms with Crippen molar-refractivity contribution in [3.8, 4) is 0 Å². The molecule has 1 fully saturated rings. The van der Waals surface area contributed by atoms with Crippen LogP contribution in [0.15, 0.2) is 103 Å². The third-order valence-electron chi connectivity index (χ3n) is 6.45. The summed E-state index contributed by atoms with van der Waals surface area (Å²) in [6, 6.07) is 35.2. The van der Waals surface area contributed by atoms with Crippen molar-refractivity contribution in [2.24, 2.45) is 0 Å². The van der Waals surface area contributed by atoms with Gasteiger partial charge in [0.15, 0.2) is 0 Å². The number of rotatable bonds is 7. The summed E-state index contributed by atoms with van der Waals surface area (Å²) < 4.78 is 0. The molecule has 1 aromatic heterocycles. The normalized spacial score (nSPS) is 15.3. The van der Waals surface area contributed by atoms with Gasteiger partial charge in [0, 0.05) is 51.0 Å². The monoisotopic (exact) mass is 421 g/mol. The summed E-state index contributed by atoms with van der Waals surface area (Å²) in [6.07, 6.45) is 3.14. The maximum Gasteiger partial charge on any atom is 0.0602 e. The molecule has 0 saturated carbocycles. The number of nitrogens with zero attached hydrogens (tertiary/aromatic N) is 2. The Morgan fingerprint density at radius 2 is 1.22 bits per heavy atom. The maximum atomic E-state index is 3.48. The van der Waals surface area contributed by atoms with Crippen LogP contribution in [0.2, 0.25) is 0 Å².